The molecule has 0 aliphatic rings. The zero-order chi connectivity index (χ0) is 25.2. The van der Waals surface area contributed by atoms with Crippen molar-refractivity contribution in [1.29, 1.82) is 0 Å². The number of hydrogen-bond acceptors (Lipinski definition) is 6. The number of aromatic nitrogens is 3. The summed E-state index contributed by atoms with van der Waals surface area (Å²) in [7, 11) is -0.922. The van der Waals surface area contributed by atoms with E-state index in [1.807, 2.05) is 6.07 Å². The summed E-state index contributed by atoms with van der Waals surface area (Å²) in [5.74, 6) is -0.0206. The first-order chi connectivity index (χ1) is 16.7. The van der Waals surface area contributed by atoms with E-state index in [9.17, 15) is 18.0 Å². The number of ether oxygens (including phenoxy) is 1. The molecule has 4 aromatic rings. The van der Waals surface area contributed by atoms with E-state index in [4.69, 9.17) is 4.74 Å². The van der Waals surface area contributed by atoms with Crippen molar-refractivity contribution in [2.45, 2.75) is 11.8 Å². The maximum Gasteiger partial charge on any atom is 0.296 e. The molecule has 180 valence electrons. The molecule has 0 radical (unpaired) electrons. The Balaban J connectivity index is 1.55. The van der Waals surface area contributed by atoms with E-state index in [1.54, 1.807) is 55.1 Å². The lowest BCUT2D eigenvalue weighted by Gasteiger charge is -2.09. The van der Waals surface area contributed by atoms with Crippen LogP contribution in [-0.4, -0.2) is 35.8 Å². The molecule has 0 aliphatic carbocycles. The molecule has 2 aromatic heterocycles. The second-order valence-corrected chi connectivity index (χ2v) is 9.29. The molecule has 11 heteroatoms. The van der Waals surface area contributed by atoms with Gasteiger partial charge in [0, 0.05) is 18.7 Å². The molecule has 2 aromatic carbocycles. The van der Waals surface area contributed by atoms with Crippen LogP contribution in [-0.2, 0) is 17.1 Å². The molecule has 2 N–H and O–H groups in total. The minimum absolute atomic E-state index is 0.0508. The number of carbonyl (C=O) groups is 1. The Labute approximate surface area is 201 Å². The highest BCUT2D eigenvalue weighted by molar-refractivity contribution is 7.92. The number of anilines is 2. The number of carbonyl (C=O) groups excluding carboxylic acids is 1. The SMILES string of the molecule is COc1ccc(NC(=O)c2ccc(S(=O)(=O)Nc3c(C)n(C)n(-c4ccccc4)c3=O)cc2)cn1. The lowest BCUT2D eigenvalue weighted by molar-refractivity contribution is 0.102. The van der Waals surface area contributed by atoms with Crippen LogP contribution in [0.25, 0.3) is 5.69 Å². The summed E-state index contributed by atoms with van der Waals surface area (Å²) in [6.45, 7) is 1.65. The van der Waals surface area contributed by atoms with E-state index in [2.05, 4.69) is 15.0 Å². The van der Waals surface area contributed by atoms with Gasteiger partial charge in [-0.1, -0.05) is 18.2 Å². The van der Waals surface area contributed by atoms with Crippen LogP contribution in [0.1, 0.15) is 16.1 Å². The standard InChI is InChI=1S/C24H23N5O5S/c1-16-22(24(31)29(28(16)2)19-7-5-4-6-8-19)27-35(32,33)20-12-9-17(10-13-20)23(30)26-18-11-14-21(34-3)25-15-18/h4-15,27H,1-3H3,(H,26,30). The van der Waals surface area contributed by atoms with Crippen LogP contribution in [0.3, 0.4) is 0 Å². The summed E-state index contributed by atoms with van der Waals surface area (Å²) in [5.41, 5.74) is 1.22. The summed E-state index contributed by atoms with van der Waals surface area (Å²) in [6.07, 6.45) is 1.45. The van der Waals surface area contributed by atoms with Gasteiger partial charge in [0.25, 0.3) is 21.5 Å². The average Bonchev–Trinajstić information content (AvgIpc) is 3.07. The van der Waals surface area contributed by atoms with Gasteiger partial charge in [-0.25, -0.2) is 18.1 Å². The van der Waals surface area contributed by atoms with Crippen molar-refractivity contribution >= 4 is 27.3 Å². The van der Waals surface area contributed by atoms with Crippen LogP contribution in [0.4, 0.5) is 11.4 Å². The number of nitrogens with one attached hydrogen (secondary N) is 2. The van der Waals surface area contributed by atoms with E-state index in [0.717, 1.165) is 0 Å². The number of pyridine rings is 1. The van der Waals surface area contributed by atoms with E-state index < -0.39 is 21.5 Å². The van der Waals surface area contributed by atoms with Crippen LogP contribution in [0.2, 0.25) is 0 Å². The number of sulfonamides is 1. The van der Waals surface area contributed by atoms with Gasteiger partial charge >= 0.3 is 0 Å². The third-order valence-electron chi connectivity index (χ3n) is 5.42. The number of para-hydroxylation sites is 1. The van der Waals surface area contributed by atoms with Crippen LogP contribution in [0.15, 0.2) is 82.6 Å². The Kier molecular flexibility index (Phi) is 6.43. The van der Waals surface area contributed by atoms with E-state index in [0.29, 0.717) is 22.9 Å². The highest BCUT2D eigenvalue weighted by Crippen LogP contribution is 2.20. The molecule has 35 heavy (non-hydrogen) atoms. The summed E-state index contributed by atoms with van der Waals surface area (Å²) in [5, 5.41) is 2.68. The average molecular weight is 494 g/mol. The molecule has 0 aliphatic heterocycles. The van der Waals surface area contributed by atoms with Gasteiger partial charge in [-0.15, -0.1) is 0 Å². The Morgan fingerprint density at radius 1 is 1.00 bits per heavy atom. The molecular weight excluding hydrogens is 470 g/mol. The molecule has 0 saturated heterocycles. The smallest absolute Gasteiger partial charge is 0.296 e. The number of benzene rings is 2. The third-order valence-corrected chi connectivity index (χ3v) is 6.79. The molecule has 4 rings (SSSR count). The van der Waals surface area contributed by atoms with Crippen LogP contribution in [0, 0.1) is 6.92 Å². The number of hydrogen-bond donors (Lipinski definition) is 2. The Hall–Kier alpha value is -4.38. The highest BCUT2D eigenvalue weighted by atomic mass is 32.2. The first-order valence-electron chi connectivity index (χ1n) is 10.5. The van der Waals surface area contributed by atoms with Gasteiger partial charge in [-0.3, -0.25) is 19.0 Å². The van der Waals surface area contributed by atoms with Crippen molar-refractivity contribution in [3.63, 3.8) is 0 Å². The maximum absolute atomic E-state index is 13.0. The summed E-state index contributed by atoms with van der Waals surface area (Å²) >= 11 is 0. The van der Waals surface area contributed by atoms with Crippen molar-refractivity contribution in [2.24, 2.45) is 7.05 Å². The van der Waals surface area contributed by atoms with Gasteiger partial charge in [0.1, 0.15) is 5.69 Å². The van der Waals surface area contributed by atoms with Crippen LogP contribution >= 0.6 is 0 Å². The highest BCUT2D eigenvalue weighted by Gasteiger charge is 2.22. The third kappa shape index (κ3) is 4.80. The van der Waals surface area contributed by atoms with Gasteiger partial charge < -0.3 is 10.1 Å². The lowest BCUT2D eigenvalue weighted by atomic mass is 10.2. The molecule has 0 fully saturated rings. The lowest BCUT2D eigenvalue weighted by Crippen LogP contribution is -2.23. The summed E-state index contributed by atoms with van der Waals surface area (Å²) in [4.78, 5) is 29.5. The number of amides is 1. The molecule has 2 heterocycles. The molecule has 0 atom stereocenters. The first-order valence-corrected chi connectivity index (χ1v) is 12.0. The van der Waals surface area contributed by atoms with E-state index >= 15 is 0 Å². The predicted octanol–water partition coefficient (Wildman–Crippen LogP) is 2.94. The summed E-state index contributed by atoms with van der Waals surface area (Å²) < 4.78 is 36.4. The Morgan fingerprint density at radius 2 is 1.69 bits per heavy atom. The number of rotatable bonds is 7. The van der Waals surface area contributed by atoms with E-state index in [-0.39, 0.29) is 16.1 Å². The van der Waals surface area contributed by atoms with Gasteiger partial charge in [-0.05, 0) is 49.4 Å². The zero-order valence-corrected chi connectivity index (χ0v) is 20.0. The van der Waals surface area contributed by atoms with Crippen molar-refractivity contribution in [1.82, 2.24) is 14.3 Å². The molecule has 0 saturated carbocycles. The second-order valence-electron chi connectivity index (χ2n) is 7.61. The Bertz CT molecular complexity index is 1520. The largest absolute Gasteiger partial charge is 0.481 e. The fraction of sp³-hybridized carbons (Fsp3) is 0.125. The van der Waals surface area contributed by atoms with Gasteiger partial charge in [-0.2, -0.15) is 0 Å². The maximum atomic E-state index is 13.0. The summed E-state index contributed by atoms with van der Waals surface area (Å²) in [6, 6.07) is 17.5. The van der Waals surface area contributed by atoms with Gasteiger partial charge in [0.05, 0.1) is 35.3 Å². The molecule has 1 amide bonds. The number of nitrogens with zero attached hydrogens (tertiary/aromatic N) is 3. The minimum Gasteiger partial charge on any atom is -0.481 e. The van der Waals surface area contributed by atoms with Crippen molar-refractivity contribution in [3.05, 3.63) is 94.5 Å². The van der Waals surface area contributed by atoms with Gasteiger partial charge in [0.15, 0.2) is 0 Å². The monoisotopic (exact) mass is 493 g/mol. The zero-order valence-electron chi connectivity index (χ0n) is 19.2. The van der Waals surface area contributed by atoms with Crippen molar-refractivity contribution < 1.29 is 17.9 Å². The van der Waals surface area contributed by atoms with Crippen molar-refractivity contribution in [3.8, 4) is 11.6 Å². The normalized spacial score (nSPS) is 11.2. The topological polar surface area (TPSA) is 124 Å². The molecular formula is C24H23N5O5S. The quantitative estimate of drug-likeness (QED) is 0.408. The molecule has 10 nitrogen and oxygen atoms in total. The Morgan fingerprint density at radius 3 is 2.29 bits per heavy atom. The fourth-order valence-electron chi connectivity index (χ4n) is 3.44. The van der Waals surface area contributed by atoms with Gasteiger partial charge in [0.2, 0.25) is 5.88 Å². The van der Waals surface area contributed by atoms with Crippen LogP contribution < -0.4 is 20.3 Å². The molecule has 0 unspecified atom stereocenters. The minimum atomic E-state index is -4.09. The van der Waals surface area contributed by atoms with E-state index in [1.165, 1.54) is 42.3 Å². The van der Waals surface area contributed by atoms with Crippen molar-refractivity contribution in [2.75, 3.05) is 17.1 Å². The fourth-order valence-corrected chi connectivity index (χ4v) is 4.56. The molecule has 0 bridgehead atoms. The molecule has 0 spiro atoms. The number of methoxy groups -OCH3 is 1. The van der Waals surface area contributed by atoms with Crippen LogP contribution in [0.5, 0.6) is 5.88 Å². The second kappa shape index (κ2) is 9.47. The predicted molar refractivity (Wildman–Crippen MR) is 132 cm³/mol. The first kappa shape index (κ1) is 23.8.